The highest BCUT2D eigenvalue weighted by molar-refractivity contribution is 5.75. The fourth-order valence-corrected chi connectivity index (χ4v) is 1.43. The smallest absolute Gasteiger partial charge is 0.145 e. The summed E-state index contributed by atoms with van der Waals surface area (Å²) in [6.07, 6.45) is 1.79. The van der Waals surface area contributed by atoms with Gasteiger partial charge in [0.1, 0.15) is 5.82 Å². The van der Waals surface area contributed by atoms with Gasteiger partial charge in [0, 0.05) is 6.04 Å². The minimum absolute atomic E-state index is 0.399. The number of nitrogens with zero attached hydrogens (tertiary/aromatic N) is 2. The number of benzene rings is 1. The maximum atomic E-state index is 4.52. The summed E-state index contributed by atoms with van der Waals surface area (Å²) >= 11 is 0. The Labute approximate surface area is 95.9 Å². The van der Waals surface area contributed by atoms with Crippen molar-refractivity contribution in [1.82, 2.24) is 9.97 Å². The number of fused-ring (bicyclic) bond motifs is 1. The Morgan fingerprint density at radius 3 is 2.44 bits per heavy atom. The average molecular weight is 215 g/mol. The van der Waals surface area contributed by atoms with Gasteiger partial charge in [0.05, 0.1) is 17.2 Å². The highest BCUT2D eigenvalue weighted by atomic mass is 15.0. The molecule has 1 aromatic heterocycles. The van der Waals surface area contributed by atoms with Gasteiger partial charge in [-0.1, -0.05) is 26.0 Å². The molecule has 1 unspecified atom stereocenters. The van der Waals surface area contributed by atoms with Gasteiger partial charge < -0.3 is 5.32 Å². The summed E-state index contributed by atoms with van der Waals surface area (Å²) in [6, 6.07) is 8.30. The molecule has 0 saturated heterocycles. The summed E-state index contributed by atoms with van der Waals surface area (Å²) in [5.74, 6) is 1.42. The minimum atomic E-state index is 0.399. The van der Waals surface area contributed by atoms with E-state index in [0.29, 0.717) is 12.0 Å². The number of hydrogen-bond acceptors (Lipinski definition) is 3. The SMILES string of the molecule is CC(C)C(C)Nc1cnc2ccccc2n1. The van der Waals surface area contributed by atoms with E-state index in [1.54, 1.807) is 6.20 Å². The van der Waals surface area contributed by atoms with Crippen molar-refractivity contribution in [2.45, 2.75) is 26.8 Å². The molecule has 0 amide bonds. The first-order chi connectivity index (χ1) is 7.66. The Morgan fingerprint density at radius 1 is 1.06 bits per heavy atom. The molecule has 0 aliphatic rings. The number of nitrogens with one attached hydrogen (secondary N) is 1. The number of rotatable bonds is 3. The molecule has 0 saturated carbocycles. The van der Waals surface area contributed by atoms with Crippen molar-refractivity contribution < 1.29 is 0 Å². The van der Waals surface area contributed by atoms with E-state index in [-0.39, 0.29) is 0 Å². The lowest BCUT2D eigenvalue weighted by atomic mass is 10.1. The molecule has 0 fully saturated rings. The summed E-state index contributed by atoms with van der Waals surface area (Å²) < 4.78 is 0. The largest absolute Gasteiger partial charge is 0.366 e. The fraction of sp³-hybridized carbons (Fsp3) is 0.385. The molecule has 84 valence electrons. The Bertz CT molecular complexity index is 479. The van der Waals surface area contributed by atoms with Crippen LogP contribution in [-0.4, -0.2) is 16.0 Å². The number of hydrogen-bond donors (Lipinski definition) is 1. The average Bonchev–Trinajstić information content (AvgIpc) is 2.28. The van der Waals surface area contributed by atoms with Crippen LogP contribution < -0.4 is 5.32 Å². The molecule has 0 aliphatic carbocycles. The van der Waals surface area contributed by atoms with E-state index < -0.39 is 0 Å². The van der Waals surface area contributed by atoms with Crippen molar-refractivity contribution >= 4 is 16.9 Å². The van der Waals surface area contributed by atoms with Crippen molar-refractivity contribution in [3.8, 4) is 0 Å². The van der Waals surface area contributed by atoms with Crippen LogP contribution in [0, 0.1) is 5.92 Å². The minimum Gasteiger partial charge on any atom is -0.366 e. The summed E-state index contributed by atoms with van der Waals surface area (Å²) in [5.41, 5.74) is 1.87. The predicted molar refractivity (Wildman–Crippen MR) is 67.5 cm³/mol. The monoisotopic (exact) mass is 215 g/mol. The second-order valence-corrected chi connectivity index (χ2v) is 4.42. The van der Waals surface area contributed by atoms with Crippen LogP contribution in [0.1, 0.15) is 20.8 Å². The van der Waals surface area contributed by atoms with E-state index in [1.165, 1.54) is 0 Å². The Morgan fingerprint density at radius 2 is 1.75 bits per heavy atom. The van der Waals surface area contributed by atoms with E-state index >= 15 is 0 Å². The highest BCUT2D eigenvalue weighted by Crippen LogP contribution is 2.13. The molecule has 1 heterocycles. The van der Waals surface area contributed by atoms with Crippen LogP contribution in [0.3, 0.4) is 0 Å². The summed E-state index contributed by atoms with van der Waals surface area (Å²) in [7, 11) is 0. The summed E-state index contributed by atoms with van der Waals surface area (Å²) in [6.45, 7) is 6.53. The third-order valence-electron chi connectivity index (χ3n) is 2.82. The number of anilines is 1. The molecule has 0 aliphatic heterocycles. The maximum Gasteiger partial charge on any atom is 0.145 e. The van der Waals surface area contributed by atoms with Crippen LogP contribution in [-0.2, 0) is 0 Å². The van der Waals surface area contributed by atoms with E-state index in [0.717, 1.165) is 16.9 Å². The number of para-hydroxylation sites is 2. The Balaban J connectivity index is 2.26. The fourth-order valence-electron chi connectivity index (χ4n) is 1.43. The predicted octanol–water partition coefficient (Wildman–Crippen LogP) is 3.09. The van der Waals surface area contributed by atoms with Crippen molar-refractivity contribution in [2.24, 2.45) is 5.92 Å². The first-order valence-electron chi connectivity index (χ1n) is 5.65. The molecule has 0 radical (unpaired) electrons. The Kier molecular flexibility index (Phi) is 3.04. The molecule has 2 rings (SSSR count). The first kappa shape index (κ1) is 10.9. The lowest BCUT2D eigenvalue weighted by Crippen LogP contribution is -2.22. The van der Waals surface area contributed by atoms with Gasteiger partial charge in [-0.2, -0.15) is 0 Å². The second kappa shape index (κ2) is 4.47. The quantitative estimate of drug-likeness (QED) is 0.855. The lowest BCUT2D eigenvalue weighted by molar-refractivity contribution is 0.558. The van der Waals surface area contributed by atoms with Crippen molar-refractivity contribution in [3.63, 3.8) is 0 Å². The van der Waals surface area contributed by atoms with Crippen LogP contribution >= 0.6 is 0 Å². The van der Waals surface area contributed by atoms with Gasteiger partial charge in [-0.25, -0.2) is 4.98 Å². The van der Waals surface area contributed by atoms with Gasteiger partial charge in [0.15, 0.2) is 0 Å². The molecule has 0 bridgehead atoms. The van der Waals surface area contributed by atoms with E-state index in [2.05, 4.69) is 36.1 Å². The van der Waals surface area contributed by atoms with E-state index in [9.17, 15) is 0 Å². The van der Waals surface area contributed by atoms with Crippen molar-refractivity contribution in [3.05, 3.63) is 30.5 Å². The van der Waals surface area contributed by atoms with Crippen LogP contribution in [0.4, 0.5) is 5.82 Å². The maximum absolute atomic E-state index is 4.52. The third kappa shape index (κ3) is 2.30. The standard InChI is InChI=1S/C13H17N3/c1-9(2)10(3)15-13-8-14-11-6-4-5-7-12(11)16-13/h4-10H,1-3H3,(H,15,16). The molecule has 3 nitrogen and oxygen atoms in total. The van der Waals surface area contributed by atoms with Gasteiger partial charge >= 0.3 is 0 Å². The number of aromatic nitrogens is 2. The van der Waals surface area contributed by atoms with Gasteiger partial charge in [-0.15, -0.1) is 0 Å². The molecule has 3 heteroatoms. The third-order valence-corrected chi connectivity index (χ3v) is 2.82. The van der Waals surface area contributed by atoms with Crippen molar-refractivity contribution in [2.75, 3.05) is 5.32 Å². The molecule has 16 heavy (non-hydrogen) atoms. The summed E-state index contributed by atoms with van der Waals surface area (Å²) in [5, 5.41) is 3.36. The Hall–Kier alpha value is -1.64. The zero-order valence-corrected chi connectivity index (χ0v) is 9.94. The van der Waals surface area contributed by atoms with Gasteiger partial charge in [0.25, 0.3) is 0 Å². The van der Waals surface area contributed by atoms with Crippen LogP contribution in [0.25, 0.3) is 11.0 Å². The molecule has 1 aromatic carbocycles. The van der Waals surface area contributed by atoms with Crippen LogP contribution in [0.5, 0.6) is 0 Å². The van der Waals surface area contributed by atoms with E-state index in [1.807, 2.05) is 24.3 Å². The lowest BCUT2D eigenvalue weighted by Gasteiger charge is -2.17. The zero-order chi connectivity index (χ0) is 11.5. The van der Waals surface area contributed by atoms with Gasteiger partial charge in [-0.3, -0.25) is 4.98 Å². The molecular formula is C13H17N3. The second-order valence-electron chi connectivity index (χ2n) is 4.42. The van der Waals surface area contributed by atoms with Crippen LogP contribution in [0.15, 0.2) is 30.5 Å². The molecule has 1 N–H and O–H groups in total. The van der Waals surface area contributed by atoms with Gasteiger partial charge in [0.2, 0.25) is 0 Å². The van der Waals surface area contributed by atoms with Crippen molar-refractivity contribution in [1.29, 1.82) is 0 Å². The first-order valence-corrected chi connectivity index (χ1v) is 5.65. The molecule has 2 aromatic rings. The molecular weight excluding hydrogens is 198 g/mol. The molecule has 0 spiro atoms. The topological polar surface area (TPSA) is 37.8 Å². The van der Waals surface area contributed by atoms with Gasteiger partial charge in [-0.05, 0) is 25.0 Å². The molecule has 1 atom stereocenters. The van der Waals surface area contributed by atoms with Crippen LogP contribution in [0.2, 0.25) is 0 Å². The zero-order valence-electron chi connectivity index (χ0n) is 9.94. The normalized spacial score (nSPS) is 13.0. The highest BCUT2D eigenvalue weighted by Gasteiger charge is 2.07. The summed E-state index contributed by atoms with van der Waals surface area (Å²) in [4.78, 5) is 8.89. The van der Waals surface area contributed by atoms with E-state index in [4.69, 9.17) is 0 Å².